The number of hydrogen-bond acceptors (Lipinski definition) is 1. The van der Waals surface area contributed by atoms with Crippen molar-refractivity contribution in [1.82, 2.24) is 0 Å². The molecule has 2 saturated carbocycles. The van der Waals surface area contributed by atoms with Crippen molar-refractivity contribution >= 4 is 5.91 Å². The number of hydrogen-bond donors (Lipinski definition) is 1. The second-order valence-corrected chi connectivity index (χ2v) is 4.35. The largest absolute Gasteiger partial charge is 0.369 e. The van der Waals surface area contributed by atoms with Crippen LogP contribution in [-0.2, 0) is 4.79 Å². The van der Waals surface area contributed by atoms with Gasteiger partial charge in [-0.3, -0.25) is 4.79 Å². The quantitative estimate of drug-likeness (QED) is 0.668. The molecule has 0 heterocycles. The van der Waals surface area contributed by atoms with Crippen LogP contribution in [-0.4, -0.2) is 5.91 Å². The van der Waals surface area contributed by atoms with E-state index in [-0.39, 0.29) is 11.8 Å². The molecule has 0 aromatic carbocycles. The molecule has 0 spiro atoms. The fourth-order valence-corrected chi connectivity index (χ4v) is 2.44. The number of amides is 1. The Morgan fingerprint density at radius 3 is 1.67 bits per heavy atom. The molecule has 0 aliphatic heterocycles. The van der Waals surface area contributed by atoms with E-state index in [4.69, 9.17) is 5.73 Å². The highest BCUT2D eigenvalue weighted by molar-refractivity contribution is 5.76. The summed E-state index contributed by atoms with van der Waals surface area (Å²) in [5.41, 5.74) is 5.27. The minimum Gasteiger partial charge on any atom is -0.369 e. The van der Waals surface area contributed by atoms with Gasteiger partial charge in [0.1, 0.15) is 0 Å². The SMILES string of the molecule is NC(=O)C1CCC(C2CC2)CC1. The predicted octanol–water partition coefficient (Wildman–Crippen LogP) is 1.69. The molecule has 2 rings (SSSR count). The first-order valence-corrected chi connectivity index (χ1v) is 5.06. The van der Waals surface area contributed by atoms with Crippen LogP contribution in [0, 0.1) is 17.8 Å². The molecule has 12 heavy (non-hydrogen) atoms. The van der Waals surface area contributed by atoms with E-state index >= 15 is 0 Å². The summed E-state index contributed by atoms with van der Waals surface area (Å²) in [5, 5.41) is 0. The van der Waals surface area contributed by atoms with Crippen LogP contribution >= 0.6 is 0 Å². The Balaban J connectivity index is 1.80. The predicted molar refractivity (Wildman–Crippen MR) is 47.4 cm³/mol. The van der Waals surface area contributed by atoms with Gasteiger partial charge in [0, 0.05) is 5.92 Å². The van der Waals surface area contributed by atoms with Gasteiger partial charge in [-0.25, -0.2) is 0 Å². The number of carbonyl (C=O) groups excluding carboxylic acids is 1. The van der Waals surface area contributed by atoms with Crippen LogP contribution in [0.1, 0.15) is 38.5 Å². The van der Waals surface area contributed by atoms with Crippen LogP contribution < -0.4 is 5.73 Å². The van der Waals surface area contributed by atoms with Gasteiger partial charge in [0.25, 0.3) is 0 Å². The molecule has 0 aromatic heterocycles. The summed E-state index contributed by atoms with van der Waals surface area (Å²) in [4.78, 5) is 10.9. The molecule has 2 N–H and O–H groups in total. The maximum Gasteiger partial charge on any atom is 0.220 e. The molecular weight excluding hydrogens is 150 g/mol. The molecule has 1 amide bonds. The van der Waals surface area contributed by atoms with E-state index in [2.05, 4.69) is 0 Å². The maximum atomic E-state index is 10.9. The normalized spacial score (nSPS) is 36.3. The summed E-state index contributed by atoms with van der Waals surface area (Å²) < 4.78 is 0. The molecule has 2 heteroatoms. The highest BCUT2D eigenvalue weighted by Gasteiger charge is 2.34. The van der Waals surface area contributed by atoms with E-state index in [1.807, 2.05) is 0 Å². The first-order valence-electron chi connectivity index (χ1n) is 5.06. The lowest BCUT2D eigenvalue weighted by atomic mass is 9.79. The number of rotatable bonds is 2. The molecule has 0 saturated heterocycles. The molecule has 2 aliphatic carbocycles. The summed E-state index contributed by atoms with van der Waals surface area (Å²) in [7, 11) is 0. The lowest BCUT2D eigenvalue weighted by Crippen LogP contribution is -2.28. The van der Waals surface area contributed by atoms with Crippen molar-refractivity contribution in [2.75, 3.05) is 0 Å². The standard InChI is InChI=1S/C10H17NO/c11-10(12)9-5-3-8(4-6-9)7-1-2-7/h7-9H,1-6H2,(H2,11,12). The van der Waals surface area contributed by atoms with Crippen molar-refractivity contribution in [3.05, 3.63) is 0 Å². The van der Waals surface area contributed by atoms with Crippen molar-refractivity contribution in [3.8, 4) is 0 Å². The minimum absolute atomic E-state index is 0.0794. The van der Waals surface area contributed by atoms with Gasteiger partial charge in [-0.05, 0) is 50.4 Å². The summed E-state index contributed by atoms with van der Waals surface area (Å²) >= 11 is 0. The summed E-state index contributed by atoms with van der Waals surface area (Å²) in [6, 6.07) is 0. The fraction of sp³-hybridized carbons (Fsp3) is 0.900. The van der Waals surface area contributed by atoms with Gasteiger partial charge in [-0.2, -0.15) is 0 Å². The molecule has 0 aromatic rings. The van der Waals surface area contributed by atoms with Gasteiger partial charge >= 0.3 is 0 Å². The van der Waals surface area contributed by atoms with Gasteiger partial charge in [0.05, 0.1) is 0 Å². The summed E-state index contributed by atoms with van der Waals surface area (Å²) in [6.07, 6.45) is 7.47. The molecule has 0 radical (unpaired) electrons. The Morgan fingerprint density at radius 1 is 0.917 bits per heavy atom. The first kappa shape index (κ1) is 8.09. The second kappa shape index (κ2) is 3.08. The van der Waals surface area contributed by atoms with Crippen molar-refractivity contribution in [1.29, 1.82) is 0 Å². The van der Waals surface area contributed by atoms with Crippen LogP contribution in [0.2, 0.25) is 0 Å². The molecule has 2 fully saturated rings. The summed E-state index contributed by atoms with van der Waals surface area (Å²) in [6.45, 7) is 0. The third kappa shape index (κ3) is 1.62. The molecular formula is C10H17NO. The van der Waals surface area contributed by atoms with E-state index in [9.17, 15) is 4.79 Å². The average Bonchev–Trinajstić information content (AvgIpc) is 2.87. The maximum absolute atomic E-state index is 10.9. The molecule has 0 unspecified atom stereocenters. The van der Waals surface area contributed by atoms with Gasteiger partial charge in [-0.1, -0.05) is 0 Å². The highest BCUT2D eigenvalue weighted by atomic mass is 16.1. The summed E-state index contributed by atoms with van der Waals surface area (Å²) in [5.74, 6) is 2.06. The zero-order chi connectivity index (χ0) is 8.55. The average molecular weight is 167 g/mol. The van der Waals surface area contributed by atoms with E-state index in [1.165, 1.54) is 25.7 Å². The Bertz CT molecular complexity index is 178. The molecule has 2 aliphatic rings. The minimum atomic E-state index is -0.0794. The molecule has 2 nitrogen and oxygen atoms in total. The highest BCUT2D eigenvalue weighted by Crippen LogP contribution is 2.44. The molecule has 0 atom stereocenters. The monoisotopic (exact) mass is 167 g/mol. The van der Waals surface area contributed by atoms with E-state index < -0.39 is 0 Å². The van der Waals surface area contributed by atoms with E-state index in [0.29, 0.717) is 0 Å². The van der Waals surface area contributed by atoms with Crippen LogP contribution in [0.4, 0.5) is 0 Å². The van der Waals surface area contributed by atoms with Crippen molar-refractivity contribution in [2.45, 2.75) is 38.5 Å². The molecule has 0 bridgehead atoms. The Morgan fingerprint density at radius 2 is 1.33 bits per heavy atom. The van der Waals surface area contributed by atoms with Gasteiger partial charge in [0.15, 0.2) is 0 Å². The fourth-order valence-electron chi connectivity index (χ4n) is 2.44. The zero-order valence-electron chi connectivity index (χ0n) is 7.46. The Labute approximate surface area is 73.5 Å². The topological polar surface area (TPSA) is 43.1 Å². The Kier molecular flexibility index (Phi) is 2.07. The van der Waals surface area contributed by atoms with Crippen molar-refractivity contribution < 1.29 is 4.79 Å². The zero-order valence-corrected chi connectivity index (χ0v) is 7.46. The van der Waals surface area contributed by atoms with Gasteiger partial charge < -0.3 is 5.73 Å². The smallest absolute Gasteiger partial charge is 0.220 e. The first-order chi connectivity index (χ1) is 5.77. The van der Waals surface area contributed by atoms with E-state index in [1.54, 1.807) is 0 Å². The van der Waals surface area contributed by atoms with E-state index in [0.717, 1.165) is 24.7 Å². The van der Waals surface area contributed by atoms with Crippen molar-refractivity contribution in [2.24, 2.45) is 23.5 Å². The number of primary amides is 1. The van der Waals surface area contributed by atoms with Crippen LogP contribution in [0.5, 0.6) is 0 Å². The van der Waals surface area contributed by atoms with Crippen LogP contribution in [0.3, 0.4) is 0 Å². The number of nitrogens with two attached hydrogens (primary N) is 1. The third-order valence-corrected chi connectivity index (χ3v) is 3.46. The van der Waals surface area contributed by atoms with Crippen LogP contribution in [0.25, 0.3) is 0 Å². The van der Waals surface area contributed by atoms with Gasteiger partial charge in [-0.15, -0.1) is 0 Å². The number of carbonyl (C=O) groups is 1. The van der Waals surface area contributed by atoms with Crippen LogP contribution in [0.15, 0.2) is 0 Å². The van der Waals surface area contributed by atoms with Crippen molar-refractivity contribution in [3.63, 3.8) is 0 Å². The lowest BCUT2D eigenvalue weighted by Gasteiger charge is -2.26. The lowest BCUT2D eigenvalue weighted by molar-refractivity contribution is -0.123. The third-order valence-electron chi connectivity index (χ3n) is 3.46. The molecule has 68 valence electrons. The Hall–Kier alpha value is -0.530. The van der Waals surface area contributed by atoms with Gasteiger partial charge in [0.2, 0.25) is 5.91 Å². The second-order valence-electron chi connectivity index (χ2n) is 4.35.